The van der Waals surface area contributed by atoms with Crippen molar-refractivity contribution in [1.82, 2.24) is 14.3 Å². The standard InChI is InChI=1S/C26H28ClFN4OS/c1-25(2,20-6-4-3-5-7-20)26(33,15-32-24(34)31(16-29)17-30-32)21-12-19(13-23(28)14-21)18-8-10-22(27)11-9-18/h8-14,17,20,33H,3-7,15H2,1-2H3. The lowest BCUT2D eigenvalue weighted by Crippen LogP contribution is -2.50. The Kier molecular flexibility index (Phi) is 6.95. The maximum atomic E-state index is 15.0. The minimum absolute atomic E-state index is 0.00746. The van der Waals surface area contributed by atoms with Gasteiger partial charge in [-0.25, -0.2) is 13.6 Å². The summed E-state index contributed by atoms with van der Waals surface area (Å²) in [5.41, 5.74) is -0.208. The van der Waals surface area contributed by atoms with Crippen LogP contribution in [0.25, 0.3) is 11.1 Å². The molecule has 3 aromatic rings. The van der Waals surface area contributed by atoms with E-state index in [4.69, 9.17) is 23.8 Å². The number of aromatic nitrogens is 3. The van der Waals surface area contributed by atoms with Crippen LogP contribution in [0.1, 0.15) is 51.5 Å². The Balaban J connectivity index is 1.87. The smallest absolute Gasteiger partial charge is 0.211 e. The van der Waals surface area contributed by atoms with Crippen molar-refractivity contribution in [3.63, 3.8) is 0 Å². The topological polar surface area (TPSA) is 66.8 Å². The second-order valence-electron chi connectivity index (χ2n) is 9.69. The average molecular weight is 499 g/mol. The predicted octanol–water partition coefficient (Wildman–Crippen LogP) is 6.70. The molecular weight excluding hydrogens is 471 g/mol. The van der Waals surface area contributed by atoms with Crippen molar-refractivity contribution in [2.24, 2.45) is 11.3 Å². The lowest BCUT2D eigenvalue weighted by Gasteiger charge is -2.49. The van der Waals surface area contributed by atoms with Crippen LogP contribution >= 0.6 is 23.8 Å². The molecule has 1 aliphatic carbocycles. The van der Waals surface area contributed by atoms with Gasteiger partial charge in [0.1, 0.15) is 17.7 Å². The van der Waals surface area contributed by atoms with Gasteiger partial charge in [-0.2, -0.15) is 10.4 Å². The summed E-state index contributed by atoms with van der Waals surface area (Å²) in [4.78, 5) is 0. The van der Waals surface area contributed by atoms with E-state index in [0.717, 1.165) is 31.2 Å². The molecular formula is C26H28ClFN4OS. The van der Waals surface area contributed by atoms with Crippen molar-refractivity contribution in [3.05, 3.63) is 70.0 Å². The normalized spacial score (nSPS) is 16.7. The first kappa shape index (κ1) is 24.6. The van der Waals surface area contributed by atoms with Crippen molar-refractivity contribution in [2.75, 3.05) is 0 Å². The van der Waals surface area contributed by atoms with Crippen molar-refractivity contribution in [3.8, 4) is 17.3 Å². The molecule has 8 heteroatoms. The molecule has 1 unspecified atom stereocenters. The Morgan fingerprint density at radius 3 is 2.44 bits per heavy atom. The highest BCUT2D eigenvalue weighted by Crippen LogP contribution is 2.51. The largest absolute Gasteiger partial charge is 0.383 e. The molecule has 1 saturated carbocycles. The van der Waals surface area contributed by atoms with E-state index in [2.05, 4.69) is 5.10 Å². The summed E-state index contributed by atoms with van der Waals surface area (Å²) in [6.07, 6.45) is 8.67. The molecule has 0 bridgehead atoms. The molecule has 0 radical (unpaired) electrons. The van der Waals surface area contributed by atoms with Gasteiger partial charge in [0.2, 0.25) is 4.77 Å². The molecule has 0 amide bonds. The van der Waals surface area contributed by atoms with Gasteiger partial charge in [-0.1, -0.05) is 56.8 Å². The molecule has 1 N–H and O–H groups in total. The highest BCUT2D eigenvalue weighted by atomic mass is 35.5. The fraction of sp³-hybridized carbons (Fsp3) is 0.423. The fourth-order valence-electron chi connectivity index (χ4n) is 5.20. The van der Waals surface area contributed by atoms with Gasteiger partial charge < -0.3 is 5.11 Å². The van der Waals surface area contributed by atoms with Gasteiger partial charge in [0, 0.05) is 10.4 Å². The Morgan fingerprint density at radius 2 is 1.82 bits per heavy atom. The lowest BCUT2D eigenvalue weighted by molar-refractivity contribution is -0.124. The van der Waals surface area contributed by atoms with Gasteiger partial charge in [-0.05, 0) is 78.0 Å². The number of hydrogen-bond acceptors (Lipinski definition) is 4. The second kappa shape index (κ2) is 9.61. The summed E-state index contributed by atoms with van der Waals surface area (Å²) in [6, 6.07) is 11.9. The first-order valence-corrected chi connectivity index (χ1v) is 12.3. The third-order valence-electron chi connectivity index (χ3n) is 7.46. The molecule has 5 nitrogen and oxygen atoms in total. The summed E-state index contributed by atoms with van der Waals surface area (Å²) >= 11 is 11.4. The third kappa shape index (κ3) is 4.55. The van der Waals surface area contributed by atoms with Crippen molar-refractivity contribution in [2.45, 2.75) is 58.1 Å². The Bertz CT molecular complexity index is 1270. The monoisotopic (exact) mass is 498 g/mol. The SMILES string of the molecule is CC(C)(C1CCCCC1)C(O)(Cn1ncn(C#N)c1=S)c1cc(F)cc(-c2ccc(Cl)cc2)c1. The summed E-state index contributed by atoms with van der Waals surface area (Å²) in [5, 5.41) is 26.6. The number of nitrogens with zero attached hydrogens (tertiary/aromatic N) is 4. The lowest BCUT2D eigenvalue weighted by atomic mass is 9.60. The summed E-state index contributed by atoms with van der Waals surface area (Å²) in [6.45, 7) is 4.09. The number of rotatable bonds is 6. The van der Waals surface area contributed by atoms with E-state index in [0.29, 0.717) is 16.1 Å². The molecule has 0 saturated heterocycles. The van der Waals surface area contributed by atoms with Crippen LogP contribution in [-0.4, -0.2) is 19.5 Å². The number of halogens is 2. The molecule has 1 aromatic heterocycles. The van der Waals surface area contributed by atoms with E-state index < -0.39 is 16.8 Å². The summed E-state index contributed by atoms with van der Waals surface area (Å²) in [5.74, 6) is -0.202. The quantitative estimate of drug-likeness (QED) is 0.384. The van der Waals surface area contributed by atoms with E-state index in [9.17, 15) is 10.4 Å². The van der Waals surface area contributed by atoms with Crippen LogP contribution in [0.3, 0.4) is 0 Å². The molecule has 1 fully saturated rings. The molecule has 34 heavy (non-hydrogen) atoms. The fourth-order valence-corrected chi connectivity index (χ4v) is 5.52. The Morgan fingerprint density at radius 1 is 1.15 bits per heavy atom. The van der Waals surface area contributed by atoms with Crippen LogP contribution < -0.4 is 0 Å². The van der Waals surface area contributed by atoms with Gasteiger partial charge in [0.05, 0.1) is 6.54 Å². The number of hydrogen-bond donors (Lipinski definition) is 1. The van der Waals surface area contributed by atoms with Crippen LogP contribution in [0.4, 0.5) is 4.39 Å². The van der Waals surface area contributed by atoms with E-state index in [1.807, 2.05) is 38.2 Å². The third-order valence-corrected chi connectivity index (χ3v) is 8.12. The molecule has 178 valence electrons. The Hall–Kier alpha value is -2.53. The predicted molar refractivity (Wildman–Crippen MR) is 133 cm³/mol. The van der Waals surface area contributed by atoms with Crippen LogP contribution in [0.15, 0.2) is 48.8 Å². The maximum absolute atomic E-state index is 15.0. The first-order chi connectivity index (χ1) is 16.2. The van der Waals surface area contributed by atoms with Gasteiger partial charge >= 0.3 is 0 Å². The average Bonchev–Trinajstić information content (AvgIpc) is 3.18. The summed E-state index contributed by atoms with van der Waals surface area (Å²) in [7, 11) is 0. The molecule has 0 aliphatic heterocycles. The minimum atomic E-state index is -1.49. The van der Waals surface area contributed by atoms with Crippen molar-refractivity contribution in [1.29, 1.82) is 5.26 Å². The zero-order valence-electron chi connectivity index (χ0n) is 19.3. The van der Waals surface area contributed by atoms with Crippen LogP contribution in [-0.2, 0) is 12.1 Å². The maximum Gasteiger partial charge on any atom is 0.211 e. The minimum Gasteiger partial charge on any atom is -0.383 e. The van der Waals surface area contributed by atoms with Gasteiger partial charge in [-0.15, -0.1) is 0 Å². The highest BCUT2D eigenvalue weighted by molar-refractivity contribution is 7.71. The molecule has 4 rings (SSSR count). The van der Waals surface area contributed by atoms with Gasteiger partial charge in [-0.3, -0.25) is 0 Å². The molecule has 1 atom stereocenters. The van der Waals surface area contributed by atoms with Crippen LogP contribution in [0.2, 0.25) is 5.02 Å². The van der Waals surface area contributed by atoms with Gasteiger partial charge in [0.25, 0.3) is 0 Å². The zero-order valence-corrected chi connectivity index (χ0v) is 20.9. The second-order valence-corrected chi connectivity index (χ2v) is 10.5. The summed E-state index contributed by atoms with van der Waals surface area (Å²) < 4.78 is 17.8. The number of benzene rings is 2. The van der Waals surface area contributed by atoms with E-state index in [1.54, 1.807) is 12.1 Å². The van der Waals surface area contributed by atoms with Crippen molar-refractivity contribution < 1.29 is 9.50 Å². The van der Waals surface area contributed by atoms with Crippen LogP contribution in [0.5, 0.6) is 0 Å². The van der Waals surface area contributed by atoms with E-state index in [-0.39, 0.29) is 17.2 Å². The number of aliphatic hydroxyl groups is 1. The molecule has 0 spiro atoms. The Labute approximate surface area is 209 Å². The van der Waals surface area contributed by atoms with Crippen LogP contribution in [0, 0.1) is 33.4 Å². The van der Waals surface area contributed by atoms with E-state index >= 15 is 4.39 Å². The van der Waals surface area contributed by atoms with Gasteiger partial charge in [0.15, 0.2) is 6.19 Å². The van der Waals surface area contributed by atoms with E-state index in [1.165, 1.54) is 34.1 Å². The molecule has 1 heterocycles. The number of nitriles is 1. The molecule has 1 aliphatic rings. The highest BCUT2D eigenvalue weighted by Gasteiger charge is 2.50. The zero-order chi connectivity index (χ0) is 24.5. The van der Waals surface area contributed by atoms with Crippen molar-refractivity contribution >= 4 is 23.8 Å². The first-order valence-electron chi connectivity index (χ1n) is 11.5. The molecule has 2 aromatic carbocycles.